The van der Waals surface area contributed by atoms with Crippen LogP contribution in [0.2, 0.25) is 0 Å². The van der Waals surface area contributed by atoms with Crippen LogP contribution >= 0.6 is 7.82 Å². The minimum Gasteiger partial charge on any atom is -0.480 e. The second-order valence-electron chi connectivity index (χ2n) is 12.0. The Balaban J connectivity index is 1.09. The Kier molecular flexibility index (Phi) is 10.3. The van der Waals surface area contributed by atoms with Crippen LogP contribution in [0, 0.1) is 0 Å². The molecule has 0 saturated heterocycles. The highest BCUT2D eigenvalue weighted by molar-refractivity contribution is 7.48. The fraction of sp³-hybridized carbons (Fsp3) is 0.179. The summed E-state index contributed by atoms with van der Waals surface area (Å²) in [6.45, 7) is 1.48. The average molecular weight is 678 g/mol. The standard InChI is InChI=1S/C39H36NO8P/c1-39(37(41)42,40-38(43)45-27-36-34-18-10-8-16-32(34)33-17-9-11-19-35(33)36)24-28-20-22-31(23-21-28)48-49(44,46-25-29-12-4-2-5-13-29)47-26-30-14-6-3-7-15-30/h2-23,36H,24-27H2,1H3,(H,40,43)(H,41,42)/t39-/m0/s1. The van der Waals surface area contributed by atoms with Gasteiger partial charge < -0.3 is 19.7 Å². The molecule has 0 radical (unpaired) electrons. The van der Waals surface area contributed by atoms with Gasteiger partial charge in [0.2, 0.25) is 0 Å². The van der Waals surface area contributed by atoms with Crippen molar-refractivity contribution in [3.8, 4) is 16.9 Å². The Morgan fingerprint density at radius 1 is 0.694 bits per heavy atom. The van der Waals surface area contributed by atoms with Crippen LogP contribution in [0.4, 0.5) is 4.79 Å². The van der Waals surface area contributed by atoms with Gasteiger partial charge in [0.05, 0.1) is 13.2 Å². The molecule has 1 amide bonds. The number of carbonyl (C=O) groups excluding carboxylic acids is 1. The van der Waals surface area contributed by atoms with Crippen molar-refractivity contribution in [2.75, 3.05) is 6.61 Å². The maximum Gasteiger partial charge on any atom is 0.530 e. The Morgan fingerprint density at radius 3 is 1.69 bits per heavy atom. The molecule has 1 aliphatic carbocycles. The number of alkyl carbamates (subject to hydrolysis) is 1. The van der Waals surface area contributed by atoms with Crippen molar-refractivity contribution in [3.05, 3.63) is 161 Å². The van der Waals surface area contributed by atoms with E-state index < -0.39 is 25.4 Å². The number of phosphoric acid groups is 1. The van der Waals surface area contributed by atoms with Gasteiger partial charge >= 0.3 is 19.9 Å². The summed E-state index contributed by atoms with van der Waals surface area (Å²) >= 11 is 0. The number of carboxylic acids is 1. The van der Waals surface area contributed by atoms with Gasteiger partial charge in [-0.25, -0.2) is 14.2 Å². The lowest BCUT2D eigenvalue weighted by Gasteiger charge is -2.26. The van der Waals surface area contributed by atoms with E-state index in [4.69, 9.17) is 18.3 Å². The summed E-state index contributed by atoms with van der Waals surface area (Å²) in [5, 5.41) is 12.7. The van der Waals surface area contributed by atoms with Gasteiger partial charge in [0.25, 0.3) is 0 Å². The Labute approximate surface area is 285 Å². The van der Waals surface area contributed by atoms with E-state index >= 15 is 0 Å². The SMILES string of the molecule is C[C@@](Cc1ccc(OP(=O)(OCc2ccccc2)OCc2ccccc2)cc1)(NC(=O)OCC1c2ccccc2-c2ccccc21)C(=O)O. The first-order valence-electron chi connectivity index (χ1n) is 15.8. The number of carbonyl (C=O) groups is 2. The predicted octanol–water partition coefficient (Wildman–Crippen LogP) is 8.53. The summed E-state index contributed by atoms with van der Waals surface area (Å²) in [7, 11) is -4.09. The third kappa shape index (κ3) is 8.27. The molecular weight excluding hydrogens is 641 g/mol. The minimum atomic E-state index is -4.09. The van der Waals surface area contributed by atoms with Crippen LogP contribution in [0.15, 0.2) is 133 Å². The molecule has 2 N–H and O–H groups in total. The molecule has 1 aliphatic rings. The van der Waals surface area contributed by atoms with Gasteiger partial charge in [0, 0.05) is 12.3 Å². The zero-order valence-electron chi connectivity index (χ0n) is 26.9. The van der Waals surface area contributed by atoms with Crippen molar-refractivity contribution in [3.63, 3.8) is 0 Å². The molecule has 1 atom stereocenters. The van der Waals surface area contributed by atoms with Crippen LogP contribution in [-0.4, -0.2) is 29.3 Å². The highest BCUT2D eigenvalue weighted by atomic mass is 31.2. The van der Waals surface area contributed by atoms with E-state index in [2.05, 4.69) is 5.32 Å². The highest BCUT2D eigenvalue weighted by Crippen LogP contribution is 2.51. The first-order chi connectivity index (χ1) is 23.7. The van der Waals surface area contributed by atoms with Gasteiger partial charge in [-0.1, -0.05) is 121 Å². The van der Waals surface area contributed by atoms with Crippen molar-refractivity contribution in [2.45, 2.75) is 38.0 Å². The first kappa shape index (κ1) is 33.7. The quantitative estimate of drug-likeness (QED) is 0.112. The predicted molar refractivity (Wildman–Crippen MR) is 185 cm³/mol. The van der Waals surface area contributed by atoms with Crippen LogP contribution < -0.4 is 9.84 Å². The van der Waals surface area contributed by atoms with Crippen LogP contribution in [0.3, 0.4) is 0 Å². The molecule has 0 aromatic heterocycles. The maximum absolute atomic E-state index is 13.7. The van der Waals surface area contributed by atoms with Gasteiger partial charge in [-0.3, -0.25) is 9.05 Å². The fourth-order valence-corrected chi connectivity index (χ4v) is 6.96. The average Bonchev–Trinajstić information content (AvgIpc) is 3.44. The number of rotatable bonds is 14. The smallest absolute Gasteiger partial charge is 0.480 e. The molecule has 5 aromatic rings. The minimum absolute atomic E-state index is 0.00347. The number of amides is 1. The number of benzene rings is 5. The number of ether oxygens (including phenoxy) is 1. The van der Waals surface area contributed by atoms with Gasteiger partial charge in [-0.05, 0) is 58.0 Å². The molecule has 6 rings (SSSR count). The normalized spacial score (nSPS) is 13.5. The molecule has 10 heteroatoms. The van der Waals surface area contributed by atoms with E-state index in [1.807, 2.05) is 109 Å². The fourth-order valence-electron chi connectivity index (χ4n) is 5.78. The Morgan fingerprint density at radius 2 is 1.18 bits per heavy atom. The molecule has 0 fully saturated rings. The van der Waals surface area contributed by atoms with Crippen LogP contribution in [0.1, 0.15) is 40.7 Å². The van der Waals surface area contributed by atoms with Crippen molar-refractivity contribution in [1.29, 1.82) is 0 Å². The summed E-state index contributed by atoms with van der Waals surface area (Å²) in [5.41, 5.74) is 4.79. The number of nitrogens with one attached hydrogen (secondary N) is 1. The van der Waals surface area contributed by atoms with Crippen molar-refractivity contribution in [1.82, 2.24) is 5.32 Å². The van der Waals surface area contributed by atoms with Crippen molar-refractivity contribution < 1.29 is 37.6 Å². The van der Waals surface area contributed by atoms with Crippen LogP contribution in [0.25, 0.3) is 11.1 Å². The second-order valence-corrected chi connectivity index (χ2v) is 13.6. The molecule has 0 aliphatic heterocycles. The number of fused-ring (bicyclic) bond motifs is 3. The number of hydrogen-bond acceptors (Lipinski definition) is 7. The summed E-state index contributed by atoms with van der Waals surface area (Å²) in [6.07, 6.45) is -0.891. The second kappa shape index (κ2) is 14.9. The molecule has 0 bridgehead atoms. The Bertz CT molecular complexity index is 1860. The van der Waals surface area contributed by atoms with Crippen LogP contribution in [-0.2, 0) is 42.8 Å². The number of aliphatic carboxylic acids is 1. The molecule has 49 heavy (non-hydrogen) atoms. The van der Waals surface area contributed by atoms with Crippen molar-refractivity contribution in [2.24, 2.45) is 0 Å². The molecule has 9 nitrogen and oxygen atoms in total. The number of phosphoric ester groups is 1. The molecule has 0 saturated carbocycles. The molecular formula is C39H36NO8P. The lowest BCUT2D eigenvalue weighted by molar-refractivity contribution is -0.143. The third-order valence-electron chi connectivity index (χ3n) is 8.36. The number of hydrogen-bond donors (Lipinski definition) is 2. The number of carboxylic acid groups (broad SMARTS) is 1. The van der Waals surface area contributed by atoms with E-state index in [9.17, 15) is 19.3 Å². The molecule has 0 heterocycles. The first-order valence-corrected chi connectivity index (χ1v) is 17.3. The maximum atomic E-state index is 13.7. The Hall–Kier alpha value is -5.21. The molecule has 250 valence electrons. The largest absolute Gasteiger partial charge is 0.530 e. The topological polar surface area (TPSA) is 120 Å². The molecule has 0 unspecified atom stereocenters. The van der Waals surface area contributed by atoms with Gasteiger partial charge in [0.1, 0.15) is 17.9 Å². The van der Waals surface area contributed by atoms with Crippen molar-refractivity contribution >= 4 is 19.9 Å². The van der Waals surface area contributed by atoms with Gasteiger partial charge in [-0.2, -0.15) is 0 Å². The summed E-state index contributed by atoms with van der Waals surface area (Å²) in [4.78, 5) is 25.4. The lowest BCUT2D eigenvalue weighted by atomic mass is 9.93. The summed E-state index contributed by atoms with van der Waals surface area (Å²) in [5.74, 6) is -1.18. The van der Waals surface area contributed by atoms with Crippen LogP contribution in [0.5, 0.6) is 5.75 Å². The van der Waals surface area contributed by atoms with E-state index in [0.717, 1.165) is 33.4 Å². The van der Waals surface area contributed by atoms with E-state index in [1.165, 1.54) is 6.92 Å². The van der Waals surface area contributed by atoms with E-state index in [1.54, 1.807) is 24.3 Å². The highest BCUT2D eigenvalue weighted by Gasteiger charge is 2.37. The summed E-state index contributed by atoms with van der Waals surface area (Å²) in [6, 6.07) is 40.8. The molecule has 5 aromatic carbocycles. The lowest BCUT2D eigenvalue weighted by Crippen LogP contribution is -2.54. The van der Waals surface area contributed by atoms with Gasteiger partial charge in [0.15, 0.2) is 0 Å². The zero-order chi connectivity index (χ0) is 34.3. The monoisotopic (exact) mass is 677 g/mol. The molecule has 0 spiro atoms. The van der Waals surface area contributed by atoms with E-state index in [0.29, 0.717) is 5.56 Å². The summed E-state index contributed by atoms with van der Waals surface area (Å²) < 4.78 is 36.5. The van der Waals surface area contributed by atoms with Gasteiger partial charge in [-0.15, -0.1) is 0 Å². The van der Waals surface area contributed by atoms with E-state index in [-0.39, 0.29) is 37.9 Å². The third-order valence-corrected chi connectivity index (χ3v) is 9.68. The zero-order valence-corrected chi connectivity index (χ0v) is 27.8.